The Bertz CT molecular complexity index is 168. The minimum atomic E-state index is 0.283. The molecule has 0 radical (unpaired) electrons. The van der Waals surface area contributed by atoms with Crippen LogP contribution in [0.1, 0.15) is 40.0 Å². The maximum Gasteiger partial charge on any atom is 0.0992 e. The van der Waals surface area contributed by atoms with Crippen molar-refractivity contribution in [3.05, 3.63) is 0 Å². The van der Waals surface area contributed by atoms with Gasteiger partial charge in [-0.3, -0.25) is 0 Å². The van der Waals surface area contributed by atoms with Crippen LogP contribution in [0.3, 0.4) is 0 Å². The van der Waals surface area contributed by atoms with Crippen LogP contribution < -0.4 is 0 Å². The minimum absolute atomic E-state index is 0.283. The molecule has 1 spiro atoms. The van der Waals surface area contributed by atoms with E-state index >= 15 is 0 Å². The van der Waals surface area contributed by atoms with Crippen molar-refractivity contribution in [3.63, 3.8) is 0 Å². The number of hydrogen-bond donors (Lipinski definition) is 0. The SMILES string of the molecule is C[C@@H]1CCCC(C)(C)[C@@]12CO2. The summed E-state index contributed by atoms with van der Waals surface area (Å²) in [5, 5.41) is 0. The average Bonchev–Trinajstić information content (AvgIpc) is 2.63. The predicted molar refractivity (Wildman–Crippen MR) is 45.5 cm³/mol. The van der Waals surface area contributed by atoms with Crippen molar-refractivity contribution >= 4 is 0 Å². The first kappa shape index (κ1) is 7.60. The summed E-state index contributed by atoms with van der Waals surface area (Å²) in [5.41, 5.74) is 0.718. The lowest BCUT2D eigenvalue weighted by atomic mass is 9.64. The van der Waals surface area contributed by atoms with Crippen LogP contribution in [0.2, 0.25) is 0 Å². The molecule has 1 nitrogen and oxygen atoms in total. The summed E-state index contributed by atoms with van der Waals surface area (Å²) in [7, 11) is 0. The second kappa shape index (κ2) is 2.01. The molecule has 2 rings (SSSR count). The van der Waals surface area contributed by atoms with Gasteiger partial charge < -0.3 is 4.74 Å². The Morgan fingerprint density at radius 2 is 2.00 bits per heavy atom. The topological polar surface area (TPSA) is 12.5 Å². The highest BCUT2D eigenvalue weighted by Crippen LogP contribution is 2.56. The molecule has 0 aromatic rings. The van der Waals surface area contributed by atoms with Gasteiger partial charge >= 0.3 is 0 Å². The average molecular weight is 154 g/mol. The van der Waals surface area contributed by atoms with Gasteiger partial charge in [-0.2, -0.15) is 0 Å². The highest BCUT2D eigenvalue weighted by molar-refractivity contribution is 5.09. The third kappa shape index (κ3) is 0.868. The van der Waals surface area contributed by atoms with Gasteiger partial charge in [-0.15, -0.1) is 0 Å². The molecule has 0 aromatic carbocycles. The summed E-state index contributed by atoms with van der Waals surface area (Å²) in [6.07, 6.45) is 4.10. The zero-order valence-corrected chi connectivity index (χ0v) is 7.81. The fourth-order valence-corrected chi connectivity index (χ4v) is 2.71. The van der Waals surface area contributed by atoms with Crippen molar-refractivity contribution in [2.75, 3.05) is 6.61 Å². The lowest BCUT2D eigenvalue weighted by Gasteiger charge is -2.40. The maximum atomic E-state index is 5.66. The Labute approximate surface area is 69.1 Å². The Balaban J connectivity index is 2.22. The van der Waals surface area contributed by atoms with E-state index in [1.165, 1.54) is 19.3 Å². The molecule has 2 atom stereocenters. The van der Waals surface area contributed by atoms with Gasteiger partial charge in [0.25, 0.3) is 0 Å². The summed E-state index contributed by atoms with van der Waals surface area (Å²) in [5.74, 6) is 0.784. The molecule has 2 fully saturated rings. The first-order valence-electron chi connectivity index (χ1n) is 4.72. The molecule has 2 aliphatic rings. The maximum absolute atomic E-state index is 5.66. The lowest BCUT2D eigenvalue weighted by Crippen LogP contribution is -2.42. The molecule has 1 aliphatic carbocycles. The van der Waals surface area contributed by atoms with Gasteiger partial charge in [0.1, 0.15) is 0 Å². The van der Waals surface area contributed by atoms with Crippen molar-refractivity contribution < 1.29 is 4.74 Å². The van der Waals surface area contributed by atoms with Gasteiger partial charge in [0.15, 0.2) is 0 Å². The summed E-state index contributed by atoms with van der Waals surface area (Å²) >= 11 is 0. The van der Waals surface area contributed by atoms with Crippen LogP contribution in [0.5, 0.6) is 0 Å². The second-order valence-electron chi connectivity index (χ2n) is 4.86. The Hall–Kier alpha value is -0.0400. The van der Waals surface area contributed by atoms with E-state index in [2.05, 4.69) is 20.8 Å². The van der Waals surface area contributed by atoms with Gasteiger partial charge in [0, 0.05) is 0 Å². The van der Waals surface area contributed by atoms with Crippen LogP contribution in [0.15, 0.2) is 0 Å². The highest BCUT2D eigenvalue weighted by atomic mass is 16.6. The summed E-state index contributed by atoms with van der Waals surface area (Å²) in [6.45, 7) is 8.07. The molecule has 0 unspecified atom stereocenters. The molecular weight excluding hydrogens is 136 g/mol. The first-order valence-corrected chi connectivity index (χ1v) is 4.72. The quantitative estimate of drug-likeness (QED) is 0.489. The van der Waals surface area contributed by atoms with Crippen LogP contribution in [-0.4, -0.2) is 12.2 Å². The van der Waals surface area contributed by atoms with E-state index in [4.69, 9.17) is 4.74 Å². The Morgan fingerprint density at radius 3 is 2.36 bits per heavy atom. The molecule has 1 saturated carbocycles. The molecule has 1 saturated heterocycles. The van der Waals surface area contributed by atoms with Crippen molar-refractivity contribution in [2.45, 2.75) is 45.6 Å². The summed E-state index contributed by atoms with van der Waals surface area (Å²) < 4.78 is 5.66. The van der Waals surface area contributed by atoms with Gasteiger partial charge in [-0.25, -0.2) is 0 Å². The molecule has 11 heavy (non-hydrogen) atoms. The fraction of sp³-hybridized carbons (Fsp3) is 1.00. The van der Waals surface area contributed by atoms with Gasteiger partial charge in [0.05, 0.1) is 12.2 Å². The molecule has 1 aliphatic heterocycles. The zero-order chi connectivity index (χ0) is 8.11. The summed E-state index contributed by atoms with van der Waals surface area (Å²) in [6, 6.07) is 0. The number of rotatable bonds is 0. The largest absolute Gasteiger partial charge is 0.369 e. The Kier molecular flexibility index (Phi) is 1.39. The molecule has 0 N–H and O–H groups in total. The van der Waals surface area contributed by atoms with Crippen LogP contribution in [0, 0.1) is 11.3 Å². The lowest BCUT2D eigenvalue weighted by molar-refractivity contribution is 0.0393. The molecule has 0 aromatic heterocycles. The molecular formula is C10H18O. The van der Waals surface area contributed by atoms with E-state index in [9.17, 15) is 0 Å². The van der Waals surface area contributed by atoms with E-state index < -0.39 is 0 Å². The Morgan fingerprint density at radius 1 is 1.36 bits per heavy atom. The van der Waals surface area contributed by atoms with Crippen molar-refractivity contribution in [2.24, 2.45) is 11.3 Å². The monoisotopic (exact) mass is 154 g/mol. The molecule has 0 bridgehead atoms. The van der Waals surface area contributed by atoms with E-state index in [1.807, 2.05) is 0 Å². The normalized spacial score (nSPS) is 47.7. The van der Waals surface area contributed by atoms with E-state index in [0.29, 0.717) is 5.41 Å². The summed E-state index contributed by atoms with van der Waals surface area (Å²) in [4.78, 5) is 0. The number of hydrogen-bond acceptors (Lipinski definition) is 1. The van der Waals surface area contributed by atoms with Crippen LogP contribution in [0.25, 0.3) is 0 Å². The minimum Gasteiger partial charge on any atom is -0.369 e. The standard InChI is InChI=1S/C10H18O/c1-8-5-4-6-9(2,3)10(8)7-11-10/h8H,4-7H2,1-3H3/t8-,10-/m1/s1. The predicted octanol–water partition coefficient (Wildman–Crippen LogP) is 2.60. The van der Waals surface area contributed by atoms with E-state index in [-0.39, 0.29) is 5.60 Å². The number of ether oxygens (including phenoxy) is 1. The second-order valence-corrected chi connectivity index (χ2v) is 4.86. The smallest absolute Gasteiger partial charge is 0.0992 e. The van der Waals surface area contributed by atoms with Crippen LogP contribution in [0.4, 0.5) is 0 Å². The van der Waals surface area contributed by atoms with Gasteiger partial charge in [0.2, 0.25) is 0 Å². The van der Waals surface area contributed by atoms with Crippen molar-refractivity contribution in [1.82, 2.24) is 0 Å². The molecule has 1 heterocycles. The van der Waals surface area contributed by atoms with E-state index in [1.54, 1.807) is 0 Å². The first-order chi connectivity index (χ1) is 5.08. The van der Waals surface area contributed by atoms with Gasteiger partial charge in [-0.1, -0.05) is 27.2 Å². The van der Waals surface area contributed by atoms with Crippen LogP contribution in [-0.2, 0) is 4.74 Å². The van der Waals surface area contributed by atoms with Gasteiger partial charge in [-0.05, 0) is 24.2 Å². The van der Waals surface area contributed by atoms with Crippen molar-refractivity contribution in [1.29, 1.82) is 0 Å². The van der Waals surface area contributed by atoms with Crippen LogP contribution >= 0.6 is 0 Å². The van der Waals surface area contributed by atoms with Crippen molar-refractivity contribution in [3.8, 4) is 0 Å². The third-order valence-corrected chi connectivity index (χ3v) is 3.84. The van der Waals surface area contributed by atoms with E-state index in [0.717, 1.165) is 12.5 Å². The molecule has 1 heteroatoms. The molecule has 64 valence electrons. The molecule has 0 amide bonds. The highest BCUT2D eigenvalue weighted by Gasteiger charge is 2.60. The fourth-order valence-electron chi connectivity index (χ4n) is 2.71. The number of epoxide rings is 1. The zero-order valence-electron chi connectivity index (χ0n) is 7.81. The third-order valence-electron chi connectivity index (χ3n) is 3.84.